The van der Waals surface area contributed by atoms with Crippen LogP contribution in [0.1, 0.15) is 47.3 Å². The molecule has 3 amide bonds. The SMILES string of the molecule is CC[C@H]1COCC(N(C)C(=O)C(=O)N(C)C)c2nc(C(=O)NCc3ccc(F)cc3)c(O)c(=O)n21. The standard InChI is InChI=1S/C23H28FN5O6/c1-5-15-11-35-12-16(28(4)23(34)22(33)27(2)3)19-26-17(18(30)21(32)29(15)19)20(31)25-10-13-6-8-14(24)9-7-13/h6-9,15-16,30H,5,10-12H2,1-4H3,(H,25,31)/t15-,16?/m0/s1. The highest BCUT2D eigenvalue weighted by Crippen LogP contribution is 2.28. The summed E-state index contributed by atoms with van der Waals surface area (Å²) >= 11 is 0. The lowest BCUT2D eigenvalue weighted by atomic mass is 10.1. The number of aromatic nitrogens is 2. The summed E-state index contributed by atoms with van der Waals surface area (Å²) in [5.41, 5.74) is -0.787. The van der Waals surface area contributed by atoms with Crippen LogP contribution >= 0.6 is 0 Å². The van der Waals surface area contributed by atoms with Crippen LogP contribution in [-0.2, 0) is 20.9 Å². The molecule has 0 saturated heterocycles. The lowest BCUT2D eigenvalue weighted by molar-refractivity contribution is -0.151. The van der Waals surface area contributed by atoms with Crippen molar-refractivity contribution in [1.29, 1.82) is 0 Å². The number of aromatic hydroxyl groups is 1. The lowest BCUT2D eigenvalue weighted by Crippen LogP contribution is -2.45. The molecule has 1 unspecified atom stereocenters. The number of amides is 3. The van der Waals surface area contributed by atoms with E-state index in [4.69, 9.17) is 4.74 Å². The van der Waals surface area contributed by atoms with Crippen LogP contribution in [-0.4, -0.2) is 76.5 Å². The highest BCUT2D eigenvalue weighted by Gasteiger charge is 2.36. The molecular formula is C23H28FN5O6. The van der Waals surface area contributed by atoms with Crippen LogP contribution < -0.4 is 10.9 Å². The van der Waals surface area contributed by atoms with E-state index >= 15 is 0 Å². The van der Waals surface area contributed by atoms with E-state index in [0.29, 0.717) is 12.0 Å². The molecule has 0 spiro atoms. The number of carbonyl (C=O) groups excluding carboxylic acids is 3. The van der Waals surface area contributed by atoms with Crippen LogP contribution in [0.15, 0.2) is 29.1 Å². The van der Waals surface area contributed by atoms with Crippen molar-refractivity contribution in [1.82, 2.24) is 24.7 Å². The summed E-state index contributed by atoms with van der Waals surface area (Å²) < 4.78 is 20.0. The van der Waals surface area contributed by atoms with Crippen molar-refractivity contribution < 1.29 is 28.6 Å². The van der Waals surface area contributed by atoms with E-state index in [-0.39, 0.29) is 25.6 Å². The first-order valence-electron chi connectivity index (χ1n) is 11.0. The molecule has 35 heavy (non-hydrogen) atoms. The molecule has 2 aromatic rings. The van der Waals surface area contributed by atoms with Gasteiger partial charge in [-0.2, -0.15) is 0 Å². The zero-order chi connectivity index (χ0) is 25.9. The summed E-state index contributed by atoms with van der Waals surface area (Å²) in [7, 11) is 4.24. The molecule has 12 heteroatoms. The van der Waals surface area contributed by atoms with E-state index in [0.717, 1.165) is 9.80 Å². The van der Waals surface area contributed by atoms with Gasteiger partial charge in [0, 0.05) is 27.7 Å². The first kappa shape index (κ1) is 25.8. The number of rotatable bonds is 5. The van der Waals surface area contributed by atoms with Crippen molar-refractivity contribution >= 4 is 17.7 Å². The van der Waals surface area contributed by atoms with Gasteiger partial charge in [0.2, 0.25) is 5.75 Å². The second-order valence-electron chi connectivity index (χ2n) is 8.38. The second kappa shape index (κ2) is 10.6. The van der Waals surface area contributed by atoms with Gasteiger partial charge >= 0.3 is 11.8 Å². The molecule has 11 nitrogen and oxygen atoms in total. The van der Waals surface area contributed by atoms with Crippen LogP contribution in [0.25, 0.3) is 0 Å². The highest BCUT2D eigenvalue weighted by atomic mass is 19.1. The fourth-order valence-electron chi connectivity index (χ4n) is 3.69. The van der Waals surface area contributed by atoms with Crippen molar-refractivity contribution in [3.63, 3.8) is 0 Å². The van der Waals surface area contributed by atoms with Gasteiger partial charge in [0.1, 0.15) is 17.7 Å². The van der Waals surface area contributed by atoms with Gasteiger partial charge in [-0.3, -0.25) is 23.7 Å². The van der Waals surface area contributed by atoms with E-state index in [1.807, 2.05) is 6.92 Å². The highest BCUT2D eigenvalue weighted by molar-refractivity contribution is 6.34. The Balaban J connectivity index is 2.02. The zero-order valence-electron chi connectivity index (χ0n) is 19.9. The quantitative estimate of drug-likeness (QED) is 0.587. The lowest BCUT2D eigenvalue weighted by Gasteiger charge is -2.28. The molecule has 1 aliphatic rings. The normalized spacial score (nSPS) is 17.2. The van der Waals surface area contributed by atoms with Crippen molar-refractivity contribution in [3.8, 4) is 5.75 Å². The van der Waals surface area contributed by atoms with Gasteiger partial charge in [0.25, 0.3) is 11.5 Å². The molecule has 0 saturated carbocycles. The number of nitrogens with one attached hydrogen (secondary N) is 1. The van der Waals surface area contributed by atoms with Gasteiger partial charge < -0.3 is 25.0 Å². The van der Waals surface area contributed by atoms with Gasteiger partial charge in [0.15, 0.2) is 5.69 Å². The van der Waals surface area contributed by atoms with Crippen LogP contribution in [0.4, 0.5) is 4.39 Å². The number of hydrogen-bond acceptors (Lipinski definition) is 7. The first-order chi connectivity index (χ1) is 16.6. The Morgan fingerprint density at radius 3 is 2.43 bits per heavy atom. The minimum Gasteiger partial charge on any atom is -0.501 e. The predicted molar refractivity (Wildman–Crippen MR) is 122 cm³/mol. The Labute approximate surface area is 201 Å². The summed E-state index contributed by atoms with van der Waals surface area (Å²) in [6, 6.07) is 3.96. The van der Waals surface area contributed by atoms with E-state index in [1.165, 1.54) is 50.0 Å². The number of nitrogens with zero attached hydrogens (tertiary/aromatic N) is 4. The maximum absolute atomic E-state index is 13.2. The summed E-state index contributed by atoms with van der Waals surface area (Å²) in [5, 5.41) is 13.1. The van der Waals surface area contributed by atoms with E-state index < -0.39 is 52.6 Å². The van der Waals surface area contributed by atoms with Crippen LogP contribution in [0, 0.1) is 5.82 Å². The Morgan fingerprint density at radius 1 is 1.17 bits per heavy atom. The number of fused-ring (bicyclic) bond motifs is 1. The third-order valence-corrected chi connectivity index (χ3v) is 5.80. The molecule has 1 aromatic carbocycles. The van der Waals surface area contributed by atoms with Crippen LogP contribution in [0.2, 0.25) is 0 Å². The molecular weight excluding hydrogens is 461 g/mol. The van der Waals surface area contributed by atoms with Gasteiger partial charge in [-0.15, -0.1) is 0 Å². The Morgan fingerprint density at radius 2 is 1.83 bits per heavy atom. The number of halogens is 1. The Kier molecular flexibility index (Phi) is 7.85. The van der Waals surface area contributed by atoms with E-state index in [2.05, 4.69) is 10.3 Å². The number of ether oxygens (including phenoxy) is 1. The molecule has 0 aliphatic carbocycles. The number of benzene rings is 1. The Bertz CT molecular complexity index is 1180. The third-order valence-electron chi connectivity index (χ3n) is 5.80. The molecule has 2 heterocycles. The zero-order valence-corrected chi connectivity index (χ0v) is 19.9. The number of likely N-dealkylation sites (N-methyl/N-ethyl adjacent to an activating group) is 2. The van der Waals surface area contributed by atoms with Crippen LogP contribution in [0.5, 0.6) is 5.75 Å². The Hall–Kier alpha value is -3.80. The third kappa shape index (κ3) is 5.32. The molecule has 0 radical (unpaired) electrons. The minimum absolute atomic E-state index is 0.00149. The summed E-state index contributed by atoms with van der Waals surface area (Å²) in [5.74, 6) is -3.72. The molecule has 188 valence electrons. The summed E-state index contributed by atoms with van der Waals surface area (Å²) in [4.78, 5) is 57.5. The maximum atomic E-state index is 13.2. The minimum atomic E-state index is -0.972. The maximum Gasteiger partial charge on any atom is 0.312 e. The van der Waals surface area contributed by atoms with Crippen molar-refractivity contribution in [3.05, 3.63) is 57.5 Å². The van der Waals surface area contributed by atoms with Gasteiger partial charge in [0.05, 0.1) is 19.3 Å². The second-order valence-corrected chi connectivity index (χ2v) is 8.38. The number of hydrogen-bond donors (Lipinski definition) is 2. The van der Waals surface area contributed by atoms with Crippen LogP contribution in [0.3, 0.4) is 0 Å². The molecule has 0 fully saturated rings. The molecule has 2 N–H and O–H groups in total. The molecule has 1 aromatic heterocycles. The van der Waals surface area contributed by atoms with Crippen molar-refractivity contribution in [2.24, 2.45) is 0 Å². The van der Waals surface area contributed by atoms with Gasteiger partial charge in [-0.1, -0.05) is 19.1 Å². The molecule has 2 atom stereocenters. The fourth-order valence-corrected chi connectivity index (χ4v) is 3.69. The summed E-state index contributed by atoms with van der Waals surface area (Å²) in [6.45, 7) is 1.85. The van der Waals surface area contributed by atoms with E-state index in [9.17, 15) is 28.7 Å². The average Bonchev–Trinajstić information content (AvgIpc) is 3.03. The van der Waals surface area contributed by atoms with Crippen molar-refractivity contribution in [2.75, 3.05) is 34.4 Å². The topological polar surface area (TPSA) is 134 Å². The smallest absolute Gasteiger partial charge is 0.312 e. The van der Waals surface area contributed by atoms with Gasteiger partial charge in [-0.05, 0) is 24.1 Å². The largest absolute Gasteiger partial charge is 0.501 e. The predicted octanol–water partition coefficient (Wildman–Crippen LogP) is 0.587. The molecule has 1 aliphatic heterocycles. The average molecular weight is 490 g/mol. The van der Waals surface area contributed by atoms with E-state index in [1.54, 1.807) is 0 Å². The monoisotopic (exact) mass is 489 g/mol. The first-order valence-corrected chi connectivity index (χ1v) is 11.0. The number of carbonyl (C=O) groups is 3. The molecule has 3 rings (SSSR count). The van der Waals surface area contributed by atoms with Gasteiger partial charge in [-0.25, -0.2) is 9.37 Å². The molecule has 0 bridgehead atoms. The summed E-state index contributed by atoms with van der Waals surface area (Å²) in [6.07, 6.45) is 0.450. The van der Waals surface area contributed by atoms with Crippen molar-refractivity contribution in [2.45, 2.75) is 32.0 Å². The fraction of sp³-hybridized carbons (Fsp3) is 0.435.